The maximum Gasteiger partial charge on any atom is 0.296 e. The van der Waals surface area contributed by atoms with Crippen LogP contribution < -0.4 is 16.4 Å². The Hall–Kier alpha value is -4.12. The molecule has 2 aromatic carbocycles. The molecule has 0 radical (unpaired) electrons. The molecule has 0 aliphatic carbocycles. The van der Waals surface area contributed by atoms with Gasteiger partial charge in [-0.05, 0) is 49.4 Å². The van der Waals surface area contributed by atoms with Gasteiger partial charge in [0.25, 0.3) is 20.2 Å². The molecule has 18 nitrogen and oxygen atoms in total. The number of nitrogens with zero attached hydrogens (tertiary/aromatic N) is 5. The second-order valence-corrected chi connectivity index (χ2v) is 14.3. The van der Waals surface area contributed by atoms with Crippen LogP contribution in [0, 0.1) is 6.92 Å². The first kappa shape index (κ1) is 35.4. The van der Waals surface area contributed by atoms with Crippen LogP contribution in [0.2, 0.25) is 0 Å². The second-order valence-electron chi connectivity index (χ2n) is 9.14. The first-order valence-corrected chi connectivity index (χ1v) is 17.5. The summed E-state index contributed by atoms with van der Waals surface area (Å²) in [5, 5.41) is 39.6. The predicted octanol–water partition coefficient (Wildman–Crippen LogP) is 2.52. The van der Waals surface area contributed by atoms with Crippen molar-refractivity contribution in [2.24, 2.45) is 20.5 Å². The highest BCUT2D eigenvalue weighted by molar-refractivity contribution is 7.91. The first-order chi connectivity index (χ1) is 21.1. The van der Waals surface area contributed by atoms with E-state index in [9.17, 15) is 29.8 Å². The second kappa shape index (κ2) is 14.8. The van der Waals surface area contributed by atoms with Crippen molar-refractivity contribution in [2.75, 3.05) is 54.2 Å². The van der Waals surface area contributed by atoms with Crippen LogP contribution in [0.25, 0.3) is 0 Å². The molecule has 0 atom stereocenters. The van der Waals surface area contributed by atoms with E-state index in [1.807, 2.05) is 0 Å². The van der Waals surface area contributed by atoms with Crippen molar-refractivity contribution in [3.05, 3.63) is 48.0 Å². The number of aliphatic hydroxyl groups excluding tert-OH is 2. The maximum atomic E-state index is 12.2. The van der Waals surface area contributed by atoms with Crippen molar-refractivity contribution >= 4 is 70.1 Å². The summed E-state index contributed by atoms with van der Waals surface area (Å²) in [5.74, 6) is -0.624. The number of nitrogens with one attached hydrogen (secondary N) is 2. The van der Waals surface area contributed by atoms with E-state index in [4.69, 9.17) is 20.5 Å². The third-order valence-corrected chi connectivity index (χ3v) is 9.25. The van der Waals surface area contributed by atoms with Gasteiger partial charge in [0.2, 0.25) is 0 Å². The number of nitrogens with two attached hydrogens (primary N) is 1. The van der Waals surface area contributed by atoms with Crippen molar-refractivity contribution < 1.29 is 44.6 Å². The number of hydrogen-bond acceptors (Lipinski definition) is 16. The van der Waals surface area contributed by atoms with E-state index in [2.05, 4.69) is 36.1 Å². The molecule has 0 saturated heterocycles. The molecule has 45 heavy (non-hydrogen) atoms. The van der Waals surface area contributed by atoms with E-state index < -0.39 is 47.3 Å². The highest BCUT2D eigenvalue weighted by atomic mass is 32.2. The monoisotopic (exact) mass is 686 g/mol. The fraction of sp³-hybridized carbons (Fsp3) is 0.292. The lowest BCUT2D eigenvalue weighted by molar-refractivity contribution is 0.311. The number of aromatic nitrogens is 1. The number of anilines is 3. The van der Waals surface area contributed by atoms with Crippen LogP contribution in [0.5, 0.6) is 0 Å². The number of hydrogen-bond donors (Lipinski definition) is 7. The van der Waals surface area contributed by atoms with Gasteiger partial charge in [-0.3, -0.25) is 9.11 Å². The summed E-state index contributed by atoms with van der Waals surface area (Å²) in [4.78, 5) is 3.26. The number of pyridine rings is 1. The summed E-state index contributed by atoms with van der Waals surface area (Å²) >= 11 is 0. The van der Waals surface area contributed by atoms with Gasteiger partial charge >= 0.3 is 0 Å². The minimum atomic E-state index is -4.87. The van der Waals surface area contributed by atoms with Gasteiger partial charge in [-0.25, -0.2) is 13.4 Å². The van der Waals surface area contributed by atoms with Gasteiger partial charge in [0.1, 0.15) is 16.3 Å². The van der Waals surface area contributed by atoms with E-state index in [1.54, 1.807) is 6.92 Å². The van der Waals surface area contributed by atoms with Crippen LogP contribution in [0.15, 0.2) is 72.7 Å². The lowest BCUT2D eigenvalue weighted by Gasteiger charge is -2.16. The minimum absolute atomic E-state index is 0.0139. The summed E-state index contributed by atoms with van der Waals surface area (Å²) in [6.07, 6.45) is 0. The van der Waals surface area contributed by atoms with Crippen molar-refractivity contribution in [3.8, 4) is 0 Å². The molecule has 0 saturated carbocycles. The van der Waals surface area contributed by atoms with E-state index in [0.717, 1.165) is 18.2 Å². The van der Waals surface area contributed by atoms with E-state index >= 15 is 0 Å². The molecule has 0 bridgehead atoms. The van der Waals surface area contributed by atoms with E-state index in [-0.39, 0.29) is 70.4 Å². The summed E-state index contributed by atoms with van der Waals surface area (Å²) in [7, 11) is -12.9. The zero-order chi connectivity index (χ0) is 33.4. The highest BCUT2D eigenvalue weighted by Crippen LogP contribution is 2.38. The number of aliphatic hydroxyl groups is 2. The lowest BCUT2D eigenvalue weighted by atomic mass is 10.2. The Bertz CT molecular complexity index is 1920. The molecule has 3 rings (SSSR count). The quantitative estimate of drug-likeness (QED) is 0.0893. The zero-order valence-corrected chi connectivity index (χ0v) is 26.0. The third-order valence-electron chi connectivity index (χ3n) is 5.87. The largest absolute Gasteiger partial charge is 0.395 e. The van der Waals surface area contributed by atoms with Crippen molar-refractivity contribution in [3.63, 3.8) is 0 Å². The van der Waals surface area contributed by atoms with Gasteiger partial charge < -0.3 is 26.6 Å². The summed E-state index contributed by atoms with van der Waals surface area (Å²) in [6.45, 7) is 0.724. The topological polar surface area (TPSA) is 296 Å². The van der Waals surface area contributed by atoms with Crippen LogP contribution in [0.3, 0.4) is 0 Å². The summed E-state index contributed by atoms with van der Waals surface area (Å²) < 4.78 is 89.8. The van der Waals surface area contributed by atoms with Crippen LogP contribution in [0.1, 0.15) is 5.56 Å². The maximum absolute atomic E-state index is 12.2. The van der Waals surface area contributed by atoms with Crippen molar-refractivity contribution in [1.29, 1.82) is 0 Å². The molecule has 0 aliphatic heterocycles. The van der Waals surface area contributed by atoms with Crippen LogP contribution >= 0.6 is 0 Å². The van der Waals surface area contributed by atoms with Gasteiger partial charge in [0, 0.05) is 18.7 Å². The van der Waals surface area contributed by atoms with E-state index in [1.165, 1.54) is 24.3 Å². The average molecular weight is 687 g/mol. The molecule has 21 heteroatoms. The Morgan fingerprint density at radius 2 is 1.38 bits per heavy atom. The molecule has 1 aromatic heterocycles. The predicted molar refractivity (Wildman–Crippen MR) is 164 cm³/mol. The molecule has 0 spiro atoms. The smallest absolute Gasteiger partial charge is 0.296 e. The fourth-order valence-electron chi connectivity index (χ4n) is 3.59. The number of azo groups is 2. The first-order valence-electron chi connectivity index (χ1n) is 12.8. The van der Waals surface area contributed by atoms with Crippen molar-refractivity contribution in [2.45, 2.75) is 16.7 Å². The number of benzene rings is 2. The van der Waals surface area contributed by atoms with Gasteiger partial charge in [-0.1, -0.05) is 0 Å². The number of rotatable bonds is 15. The molecule has 0 fully saturated rings. The van der Waals surface area contributed by atoms with Crippen LogP contribution in [-0.4, -0.2) is 87.4 Å². The average Bonchev–Trinajstić information content (AvgIpc) is 2.96. The molecule has 244 valence electrons. The van der Waals surface area contributed by atoms with Crippen LogP contribution in [0.4, 0.5) is 40.1 Å². The Morgan fingerprint density at radius 3 is 1.98 bits per heavy atom. The molecule has 0 unspecified atom stereocenters. The lowest BCUT2D eigenvalue weighted by Crippen LogP contribution is -2.21. The molecule has 1 heterocycles. The Kier molecular flexibility index (Phi) is 11.6. The van der Waals surface area contributed by atoms with Crippen molar-refractivity contribution in [1.82, 2.24) is 4.98 Å². The van der Waals surface area contributed by atoms with Gasteiger partial charge in [0.05, 0.1) is 46.7 Å². The van der Waals surface area contributed by atoms with Gasteiger partial charge in [0.15, 0.2) is 21.5 Å². The molecular weight excluding hydrogens is 657 g/mol. The highest BCUT2D eigenvalue weighted by Gasteiger charge is 2.20. The molecule has 0 aliphatic rings. The fourth-order valence-corrected chi connectivity index (χ4v) is 5.61. The molecule has 8 N–H and O–H groups in total. The third kappa shape index (κ3) is 9.94. The minimum Gasteiger partial charge on any atom is -0.395 e. The summed E-state index contributed by atoms with van der Waals surface area (Å²) in [5.41, 5.74) is 6.43. The standard InChI is InChI=1S/C24H30N8O10S3/c1-15-21(25)23(26-8-10-33)28-24(27-9-12-43(35,36)13-11-34)22(15)32-31-19-7-4-17(14-20(19)45(40,41)42)30-29-16-2-5-18(6-3-16)44(37,38)39/h2-7,14,33-34H,8-13,25H2,1H3,(H2,26,27,28)(H,37,38,39)(H,40,41,42)/b30-29+,32-31+. The zero-order valence-electron chi connectivity index (χ0n) is 23.6. The van der Waals surface area contributed by atoms with Crippen LogP contribution in [-0.2, 0) is 30.1 Å². The Labute approximate surface area is 258 Å². The molecule has 3 aromatic rings. The SMILES string of the molecule is Cc1c(N)c(NCCO)nc(NCCS(=O)(=O)CCO)c1/N=N/c1ccc(/N=N/c2ccc(S(=O)(=O)O)cc2)cc1S(=O)(=O)O. The Morgan fingerprint density at radius 1 is 0.756 bits per heavy atom. The normalized spacial score (nSPS) is 12.6. The van der Waals surface area contributed by atoms with Gasteiger partial charge in [-0.15, -0.1) is 10.2 Å². The number of nitrogen functional groups attached to an aromatic ring is 1. The Balaban J connectivity index is 1.99. The molecule has 0 amide bonds. The van der Waals surface area contributed by atoms with Gasteiger partial charge in [-0.2, -0.15) is 27.1 Å². The van der Waals surface area contributed by atoms with E-state index in [0.29, 0.717) is 5.56 Å². The summed E-state index contributed by atoms with van der Waals surface area (Å²) in [6, 6.07) is 8.14. The molecular formula is C24H30N8O10S3. The number of sulfone groups is 1.